The van der Waals surface area contributed by atoms with Gasteiger partial charge in [-0.2, -0.15) is 0 Å². The number of rotatable bonds is 3. The lowest BCUT2D eigenvalue weighted by Crippen LogP contribution is -2.14. The summed E-state index contributed by atoms with van der Waals surface area (Å²) >= 11 is 0. The molecule has 2 aromatic rings. The van der Waals surface area contributed by atoms with Crippen LogP contribution >= 0.6 is 0 Å². The molecular weight excluding hydrogens is 260 g/mol. The van der Waals surface area contributed by atoms with Gasteiger partial charge in [-0.15, -0.1) is 0 Å². The molecular formula is C19H20O2. The van der Waals surface area contributed by atoms with Crippen LogP contribution in [0.2, 0.25) is 0 Å². The summed E-state index contributed by atoms with van der Waals surface area (Å²) < 4.78 is 0. The van der Waals surface area contributed by atoms with Crippen LogP contribution in [0.5, 0.6) is 0 Å². The number of aryl methyl sites for hydroxylation is 1. The first kappa shape index (κ1) is 15.2. The maximum atomic E-state index is 12.7. The van der Waals surface area contributed by atoms with Gasteiger partial charge in [0.2, 0.25) is 0 Å². The summed E-state index contributed by atoms with van der Waals surface area (Å²) in [5.74, 6) is -0.105. The van der Waals surface area contributed by atoms with Crippen molar-refractivity contribution in [1.29, 1.82) is 0 Å². The molecule has 0 aliphatic rings. The first-order valence-corrected chi connectivity index (χ1v) is 7.04. The smallest absolute Gasteiger partial charge is 0.193 e. The van der Waals surface area contributed by atoms with Crippen molar-refractivity contribution in [3.8, 4) is 0 Å². The summed E-state index contributed by atoms with van der Waals surface area (Å²) in [5, 5.41) is 0. The molecule has 2 rings (SSSR count). The van der Waals surface area contributed by atoms with Crippen LogP contribution in [-0.2, 0) is 5.41 Å². The van der Waals surface area contributed by atoms with Crippen molar-refractivity contribution in [2.24, 2.45) is 0 Å². The Morgan fingerprint density at radius 1 is 1.05 bits per heavy atom. The van der Waals surface area contributed by atoms with Crippen molar-refractivity contribution >= 4 is 12.1 Å². The van der Waals surface area contributed by atoms with Crippen LogP contribution in [0, 0.1) is 6.92 Å². The Balaban J connectivity index is 2.56. The Morgan fingerprint density at radius 3 is 2.33 bits per heavy atom. The molecule has 0 saturated carbocycles. The highest BCUT2D eigenvalue weighted by molar-refractivity contribution is 6.13. The Bertz CT molecular complexity index is 691. The molecule has 0 aliphatic carbocycles. The normalized spacial score (nSPS) is 11.2. The average molecular weight is 280 g/mol. The van der Waals surface area contributed by atoms with E-state index in [0.717, 1.165) is 17.4 Å². The predicted molar refractivity (Wildman–Crippen MR) is 85.1 cm³/mol. The summed E-state index contributed by atoms with van der Waals surface area (Å²) in [7, 11) is 0. The third-order valence-electron chi connectivity index (χ3n) is 3.57. The fourth-order valence-corrected chi connectivity index (χ4v) is 2.26. The Morgan fingerprint density at radius 2 is 1.76 bits per heavy atom. The van der Waals surface area contributed by atoms with Gasteiger partial charge in [0.1, 0.15) is 0 Å². The maximum Gasteiger partial charge on any atom is 0.193 e. The minimum absolute atomic E-state index is 0.0664. The number of ketones is 1. The van der Waals surface area contributed by atoms with E-state index in [1.165, 1.54) is 0 Å². The molecule has 0 aliphatic heterocycles. The molecule has 0 atom stereocenters. The first-order valence-electron chi connectivity index (χ1n) is 7.04. The number of carbonyl (C=O) groups is 2. The van der Waals surface area contributed by atoms with E-state index >= 15 is 0 Å². The van der Waals surface area contributed by atoms with Crippen LogP contribution in [-0.4, -0.2) is 12.1 Å². The van der Waals surface area contributed by atoms with Gasteiger partial charge in [0, 0.05) is 16.7 Å². The molecule has 0 bridgehead atoms. The standard InChI is InChI=1S/C19H20O2/c1-13-6-5-7-14(10-13)18(21)17-11-16(19(2,3)4)9-8-15(17)12-20/h5-12H,1-4H3. The van der Waals surface area contributed by atoms with Crippen LogP contribution in [0.4, 0.5) is 0 Å². The zero-order chi connectivity index (χ0) is 15.6. The van der Waals surface area contributed by atoms with Crippen molar-refractivity contribution < 1.29 is 9.59 Å². The summed E-state index contributed by atoms with van der Waals surface area (Å²) in [4.78, 5) is 23.9. The van der Waals surface area contributed by atoms with Gasteiger partial charge < -0.3 is 0 Å². The quantitative estimate of drug-likeness (QED) is 0.619. The fraction of sp³-hybridized carbons (Fsp3) is 0.263. The van der Waals surface area contributed by atoms with Crippen molar-refractivity contribution in [3.63, 3.8) is 0 Å². The lowest BCUT2D eigenvalue weighted by molar-refractivity contribution is 0.102. The largest absolute Gasteiger partial charge is 0.298 e. The topological polar surface area (TPSA) is 34.1 Å². The second-order valence-electron chi connectivity index (χ2n) is 6.37. The molecule has 0 saturated heterocycles. The Labute approximate surface area is 125 Å². The number of aldehydes is 1. The molecule has 2 nitrogen and oxygen atoms in total. The van der Waals surface area contributed by atoms with Crippen molar-refractivity contribution in [3.05, 3.63) is 70.3 Å². The monoisotopic (exact) mass is 280 g/mol. The van der Waals surface area contributed by atoms with Crippen LogP contribution in [0.3, 0.4) is 0 Å². The van der Waals surface area contributed by atoms with E-state index < -0.39 is 0 Å². The molecule has 0 spiro atoms. The van der Waals surface area contributed by atoms with Crippen LogP contribution < -0.4 is 0 Å². The van der Waals surface area contributed by atoms with Gasteiger partial charge in [-0.3, -0.25) is 9.59 Å². The Kier molecular flexibility index (Phi) is 4.08. The lowest BCUT2D eigenvalue weighted by atomic mass is 9.84. The van der Waals surface area contributed by atoms with Gasteiger partial charge in [-0.1, -0.05) is 56.7 Å². The van der Waals surface area contributed by atoms with Crippen molar-refractivity contribution in [2.45, 2.75) is 33.1 Å². The fourth-order valence-electron chi connectivity index (χ4n) is 2.26. The van der Waals surface area contributed by atoms with Gasteiger partial charge >= 0.3 is 0 Å². The summed E-state index contributed by atoms with van der Waals surface area (Å²) in [5.41, 5.74) is 3.54. The van der Waals surface area contributed by atoms with Gasteiger partial charge in [-0.25, -0.2) is 0 Å². The molecule has 0 amide bonds. The summed E-state index contributed by atoms with van der Waals surface area (Å²) in [6.45, 7) is 8.21. The number of benzene rings is 2. The molecule has 0 unspecified atom stereocenters. The molecule has 0 heterocycles. The van der Waals surface area contributed by atoms with E-state index in [1.54, 1.807) is 12.1 Å². The highest BCUT2D eigenvalue weighted by Gasteiger charge is 2.19. The molecule has 0 aromatic heterocycles. The minimum Gasteiger partial charge on any atom is -0.298 e. The highest BCUT2D eigenvalue weighted by atomic mass is 16.1. The number of hydrogen-bond donors (Lipinski definition) is 0. The first-order chi connectivity index (χ1) is 9.82. The molecule has 0 fully saturated rings. The molecule has 2 aromatic carbocycles. The SMILES string of the molecule is Cc1cccc(C(=O)c2cc(C(C)(C)C)ccc2C=O)c1. The predicted octanol–water partition coefficient (Wildman–Crippen LogP) is 4.34. The molecule has 0 N–H and O–H groups in total. The summed E-state index contributed by atoms with van der Waals surface area (Å²) in [6.07, 6.45) is 0.746. The zero-order valence-corrected chi connectivity index (χ0v) is 12.9. The van der Waals surface area contributed by atoms with Crippen LogP contribution in [0.15, 0.2) is 42.5 Å². The van der Waals surface area contributed by atoms with Crippen LogP contribution in [0.1, 0.15) is 58.2 Å². The van der Waals surface area contributed by atoms with Gasteiger partial charge in [-0.05, 0) is 30.0 Å². The summed E-state index contributed by atoms with van der Waals surface area (Å²) in [6, 6.07) is 12.9. The van der Waals surface area contributed by atoms with Gasteiger partial charge in [0.15, 0.2) is 12.1 Å². The highest BCUT2D eigenvalue weighted by Crippen LogP contribution is 2.25. The lowest BCUT2D eigenvalue weighted by Gasteiger charge is -2.20. The molecule has 2 heteroatoms. The number of carbonyl (C=O) groups excluding carboxylic acids is 2. The second kappa shape index (κ2) is 5.65. The third-order valence-corrected chi connectivity index (χ3v) is 3.57. The van der Waals surface area contributed by atoms with E-state index in [-0.39, 0.29) is 11.2 Å². The maximum absolute atomic E-state index is 12.7. The van der Waals surface area contributed by atoms with E-state index in [2.05, 4.69) is 20.8 Å². The minimum atomic E-state index is -0.105. The average Bonchev–Trinajstić information content (AvgIpc) is 2.44. The van der Waals surface area contributed by atoms with E-state index in [4.69, 9.17) is 0 Å². The van der Waals surface area contributed by atoms with Crippen molar-refractivity contribution in [2.75, 3.05) is 0 Å². The zero-order valence-electron chi connectivity index (χ0n) is 12.9. The molecule has 0 radical (unpaired) electrons. The number of hydrogen-bond acceptors (Lipinski definition) is 2. The van der Waals surface area contributed by atoms with Gasteiger partial charge in [0.25, 0.3) is 0 Å². The molecule has 108 valence electrons. The Hall–Kier alpha value is -2.22. The van der Waals surface area contributed by atoms with Crippen molar-refractivity contribution in [1.82, 2.24) is 0 Å². The van der Waals surface area contributed by atoms with Gasteiger partial charge in [0.05, 0.1) is 0 Å². The van der Waals surface area contributed by atoms with E-state index in [9.17, 15) is 9.59 Å². The van der Waals surface area contributed by atoms with Crippen LogP contribution in [0.25, 0.3) is 0 Å². The second-order valence-corrected chi connectivity index (χ2v) is 6.37. The van der Waals surface area contributed by atoms with E-state index in [1.807, 2.05) is 37.3 Å². The van der Waals surface area contributed by atoms with E-state index in [0.29, 0.717) is 16.7 Å². The third kappa shape index (κ3) is 3.27. The molecule has 21 heavy (non-hydrogen) atoms.